The van der Waals surface area contributed by atoms with Crippen LogP contribution in [0.3, 0.4) is 0 Å². The lowest BCUT2D eigenvalue weighted by molar-refractivity contribution is 0.0961. The van der Waals surface area contributed by atoms with E-state index in [0.717, 1.165) is 17.9 Å². The van der Waals surface area contributed by atoms with Crippen LogP contribution in [0.15, 0.2) is 0 Å². The Hall–Kier alpha value is -1.03. The summed E-state index contributed by atoms with van der Waals surface area (Å²) in [6.07, 6.45) is 0.775. The number of nitrogens with one attached hydrogen (secondary N) is 2. The van der Waals surface area contributed by atoms with E-state index in [0.29, 0.717) is 29.7 Å². The number of methoxy groups -OCH3 is 1. The second kappa shape index (κ2) is 10.7. The van der Waals surface area contributed by atoms with Gasteiger partial charge in [0, 0.05) is 32.6 Å². The first-order valence-corrected chi connectivity index (χ1v) is 8.62. The molecule has 0 aromatic carbocycles. The number of nitrogens with two attached hydrogens (primary N) is 1. The Balaban J connectivity index is 2.32. The molecule has 21 heavy (non-hydrogen) atoms. The highest BCUT2D eigenvalue weighted by molar-refractivity contribution is 7.99. The second-order valence-electron chi connectivity index (χ2n) is 4.10. The topological polar surface area (TPSA) is 110 Å². The zero-order valence-corrected chi connectivity index (χ0v) is 13.7. The fourth-order valence-electron chi connectivity index (χ4n) is 1.42. The van der Waals surface area contributed by atoms with Gasteiger partial charge in [-0.15, -0.1) is 0 Å². The van der Waals surface area contributed by atoms with Gasteiger partial charge in [-0.2, -0.15) is 11.8 Å². The van der Waals surface area contributed by atoms with Crippen LogP contribution in [0, 0.1) is 0 Å². The van der Waals surface area contributed by atoms with Gasteiger partial charge < -0.3 is 26.2 Å². The van der Waals surface area contributed by atoms with E-state index in [1.54, 1.807) is 18.9 Å². The van der Waals surface area contributed by atoms with Gasteiger partial charge in [-0.1, -0.05) is 11.3 Å². The highest BCUT2D eigenvalue weighted by atomic mass is 32.2. The van der Waals surface area contributed by atoms with Crippen molar-refractivity contribution in [2.45, 2.75) is 6.42 Å². The number of rotatable bonds is 11. The van der Waals surface area contributed by atoms with E-state index in [1.807, 2.05) is 0 Å². The number of hydrogen-bond acceptors (Lipinski definition) is 8. The third kappa shape index (κ3) is 6.98. The van der Waals surface area contributed by atoms with Crippen LogP contribution in [-0.4, -0.2) is 60.9 Å². The van der Waals surface area contributed by atoms with Gasteiger partial charge >= 0.3 is 0 Å². The molecular formula is C12H22N4O3S2. The zero-order chi connectivity index (χ0) is 15.5. The molecule has 1 heterocycles. The summed E-state index contributed by atoms with van der Waals surface area (Å²) in [4.78, 5) is 16.5. The van der Waals surface area contributed by atoms with E-state index in [9.17, 15) is 4.79 Å². The van der Waals surface area contributed by atoms with Gasteiger partial charge in [0.25, 0.3) is 5.91 Å². The fraction of sp³-hybridized carbons (Fsp3) is 0.667. The van der Waals surface area contributed by atoms with E-state index in [4.69, 9.17) is 15.6 Å². The Labute approximate surface area is 132 Å². The van der Waals surface area contributed by atoms with E-state index in [2.05, 4.69) is 15.6 Å². The number of hydrogen-bond donors (Lipinski definition) is 4. The summed E-state index contributed by atoms with van der Waals surface area (Å²) in [7, 11) is 1.62. The summed E-state index contributed by atoms with van der Waals surface area (Å²) in [6.45, 7) is 1.95. The highest BCUT2D eigenvalue weighted by Crippen LogP contribution is 2.24. The molecule has 0 saturated carbocycles. The lowest BCUT2D eigenvalue weighted by atomic mass is 10.4. The summed E-state index contributed by atoms with van der Waals surface area (Å²) >= 11 is 2.93. The summed E-state index contributed by atoms with van der Waals surface area (Å²) < 4.78 is 4.93. The Morgan fingerprint density at radius 3 is 3.00 bits per heavy atom. The molecule has 9 heteroatoms. The van der Waals surface area contributed by atoms with Crippen molar-refractivity contribution >= 4 is 40.0 Å². The van der Waals surface area contributed by atoms with Crippen LogP contribution in [0.4, 0.5) is 10.9 Å². The van der Waals surface area contributed by atoms with Crippen molar-refractivity contribution in [3.63, 3.8) is 0 Å². The maximum atomic E-state index is 12.0. The van der Waals surface area contributed by atoms with Crippen LogP contribution in [-0.2, 0) is 4.74 Å². The van der Waals surface area contributed by atoms with E-state index < -0.39 is 0 Å². The fourth-order valence-corrected chi connectivity index (χ4v) is 3.03. The van der Waals surface area contributed by atoms with Gasteiger partial charge in [0.15, 0.2) is 5.13 Å². The molecule has 0 unspecified atom stereocenters. The average molecular weight is 334 g/mol. The smallest absolute Gasteiger partial charge is 0.265 e. The van der Waals surface area contributed by atoms with Crippen molar-refractivity contribution < 1.29 is 14.6 Å². The number of nitrogen functional groups attached to an aromatic ring is 1. The maximum absolute atomic E-state index is 12.0. The van der Waals surface area contributed by atoms with Crippen LogP contribution in [0.1, 0.15) is 16.1 Å². The Morgan fingerprint density at radius 1 is 1.48 bits per heavy atom. The Morgan fingerprint density at radius 2 is 2.29 bits per heavy atom. The largest absolute Gasteiger partial charge is 0.396 e. The normalized spacial score (nSPS) is 10.6. The number of nitrogens with zero attached hydrogens (tertiary/aromatic N) is 1. The van der Waals surface area contributed by atoms with Crippen LogP contribution in [0.25, 0.3) is 0 Å². The van der Waals surface area contributed by atoms with Crippen molar-refractivity contribution in [2.24, 2.45) is 0 Å². The van der Waals surface area contributed by atoms with Gasteiger partial charge in [0.05, 0.1) is 6.61 Å². The quantitative estimate of drug-likeness (QED) is 0.439. The molecule has 0 aliphatic carbocycles. The van der Waals surface area contributed by atoms with Crippen molar-refractivity contribution in [1.29, 1.82) is 0 Å². The molecule has 0 atom stereocenters. The highest BCUT2D eigenvalue weighted by Gasteiger charge is 2.15. The number of thiazole rings is 1. The first kappa shape index (κ1) is 18.0. The van der Waals surface area contributed by atoms with Gasteiger partial charge in [-0.3, -0.25) is 4.79 Å². The van der Waals surface area contributed by atoms with Crippen LogP contribution < -0.4 is 16.4 Å². The maximum Gasteiger partial charge on any atom is 0.265 e. The monoisotopic (exact) mass is 334 g/mol. The SMILES string of the molecule is COCCNc1nc(N)c(C(=O)NCCSCCCO)s1. The van der Waals surface area contributed by atoms with Crippen LogP contribution >= 0.6 is 23.1 Å². The van der Waals surface area contributed by atoms with Crippen LogP contribution in [0.5, 0.6) is 0 Å². The minimum absolute atomic E-state index is 0.201. The van der Waals surface area contributed by atoms with Gasteiger partial charge in [0.1, 0.15) is 10.7 Å². The van der Waals surface area contributed by atoms with E-state index in [1.165, 1.54) is 11.3 Å². The first-order valence-electron chi connectivity index (χ1n) is 6.65. The minimum atomic E-state index is -0.201. The molecule has 7 nitrogen and oxygen atoms in total. The lowest BCUT2D eigenvalue weighted by Gasteiger charge is -2.03. The third-order valence-electron chi connectivity index (χ3n) is 2.42. The predicted molar refractivity (Wildman–Crippen MR) is 88.3 cm³/mol. The third-order valence-corrected chi connectivity index (χ3v) is 4.52. The summed E-state index contributed by atoms with van der Waals surface area (Å²) in [5, 5.41) is 15.1. The van der Waals surface area contributed by atoms with Gasteiger partial charge in [-0.25, -0.2) is 4.98 Å². The zero-order valence-electron chi connectivity index (χ0n) is 12.1. The molecule has 1 aromatic rings. The number of amides is 1. The second-order valence-corrected chi connectivity index (χ2v) is 6.32. The van der Waals surface area contributed by atoms with Crippen molar-refractivity contribution in [1.82, 2.24) is 10.3 Å². The molecule has 0 bridgehead atoms. The molecule has 1 amide bonds. The number of aromatic nitrogens is 1. The molecule has 120 valence electrons. The van der Waals surface area contributed by atoms with E-state index >= 15 is 0 Å². The van der Waals surface area contributed by atoms with Crippen LogP contribution in [0.2, 0.25) is 0 Å². The molecule has 0 fully saturated rings. The molecule has 0 aliphatic heterocycles. The molecule has 5 N–H and O–H groups in total. The van der Waals surface area contributed by atoms with Crippen molar-refractivity contribution in [2.75, 3.05) is 56.0 Å². The van der Waals surface area contributed by atoms with Crippen molar-refractivity contribution in [3.8, 4) is 0 Å². The lowest BCUT2D eigenvalue weighted by Crippen LogP contribution is -2.25. The minimum Gasteiger partial charge on any atom is -0.396 e. The number of thioether (sulfide) groups is 1. The number of carbonyl (C=O) groups is 1. The predicted octanol–water partition coefficient (Wildman–Crippen LogP) is 0.629. The van der Waals surface area contributed by atoms with Crippen molar-refractivity contribution in [3.05, 3.63) is 4.88 Å². The molecule has 0 saturated heterocycles. The average Bonchev–Trinajstić information content (AvgIpc) is 2.84. The Kier molecular flexibility index (Phi) is 9.15. The molecule has 1 rings (SSSR count). The molecule has 0 spiro atoms. The summed E-state index contributed by atoms with van der Waals surface area (Å²) in [5.74, 6) is 1.74. The number of ether oxygens (including phenoxy) is 1. The van der Waals surface area contributed by atoms with Gasteiger partial charge in [0.2, 0.25) is 0 Å². The number of aliphatic hydroxyl groups is 1. The number of anilines is 2. The molecular weight excluding hydrogens is 312 g/mol. The molecule has 0 aliphatic rings. The molecule has 1 aromatic heterocycles. The summed E-state index contributed by atoms with van der Waals surface area (Å²) in [6, 6.07) is 0. The molecule has 0 radical (unpaired) electrons. The number of aliphatic hydroxyl groups excluding tert-OH is 1. The standard InChI is InChI=1S/C12H22N4O3S2/c1-19-6-3-15-12-16-10(13)9(21-12)11(18)14-4-8-20-7-2-5-17/h17H,2-8,13H2,1H3,(H,14,18)(H,15,16). The first-order chi connectivity index (χ1) is 10.2. The van der Waals surface area contributed by atoms with Gasteiger partial charge in [-0.05, 0) is 12.2 Å². The number of carbonyl (C=O) groups excluding carboxylic acids is 1. The Bertz CT molecular complexity index is 429. The summed E-state index contributed by atoms with van der Waals surface area (Å²) in [5.41, 5.74) is 5.75. The van der Waals surface area contributed by atoms with E-state index in [-0.39, 0.29) is 18.3 Å².